The van der Waals surface area contributed by atoms with Crippen molar-refractivity contribution in [2.45, 2.75) is 62.3 Å². The van der Waals surface area contributed by atoms with Crippen LogP contribution in [0.4, 0.5) is 5.69 Å². The highest BCUT2D eigenvalue weighted by Gasteiger charge is 2.34. The van der Waals surface area contributed by atoms with Crippen LogP contribution in [0.2, 0.25) is 5.02 Å². The summed E-state index contributed by atoms with van der Waals surface area (Å²) in [6.07, 6.45) is 8.72. The maximum atomic E-state index is 13.1. The molecule has 3 aliphatic rings. The van der Waals surface area contributed by atoms with Crippen LogP contribution in [-0.4, -0.2) is 55.8 Å². The minimum atomic E-state index is -3.58. The summed E-state index contributed by atoms with van der Waals surface area (Å²) in [5, 5.41) is 3.20. The third-order valence-electron chi connectivity index (χ3n) is 6.01. The number of amides is 1. The second-order valence-electron chi connectivity index (χ2n) is 8.61. The van der Waals surface area contributed by atoms with Gasteiger partial charge in [0.1, 0.15) is 0 Å². The van der Waals surface area contributed by atoms with Gasteiger partial charge in [-0.3, -0.25) is 9.69 Å². The number of anilines is 1. The predicted molar refractivity (Wildman–Crippen MR) is 115 cm³/mol. The summed E-state index contributed by atoms with van der Waals surface area (Å²) in [5.41, 5.74) is 0.370. The van der Waals surface area contributed by atoms with Crippen molar-refractivity contribution in [3.63, 3.8) is 0 Å². The maximum Gasteiger partial charge on any atom is 0.243 e. The van der Waals surface area contributed by atoms with Crippen LogP contribution in [0, 0.1) is 5.92 Å². The van der Waals surface area contributed by atoms with Crippen molar-refractivity contribution < 1.29 is 13.2 Å². The number of nitrogens with one attached hydrogen (secondary N) is 1. The lowest BCUT2D eigenvalue weighted by Gasteiger charge is -2.22. The first-order valence-corrected chi connectivity index (χ1v) is 12.6. The molecule has 6 nitrogen and oxygen atoms in total. The molecule has 0 unspecified atom stereocenters. The Hall–Kier alpha value is -1.15. The van der Waals surface area contributed by atoms with Gasteiger partial charge in [-0.25, -0.2) is 8.42 Å². The van der Waals surface area contributed by atoms with Crippen LogP contribution in [0.25, 0.3) is 0 Å². The van der Waals surface area contributed by atoms with Gasteiger partial charge in [-0.15, -0.1) is 0 Å². The van der Waals surface area contributed by atoms with Crippen molar-refractivity contribution in [1.29, 1.82) is 0 Å². The third-order valence-corrected chi connectivity index (χ3v) is 8.24. The standard InChI is InChI=1S/C21H30ClN3O3S/c22-19-10-9-18(29(27,28)25-11-3-1-2-4-12-25)13-20(19)23-21(26)15-24(17-7-8-17)14-16-5-6-16/h9-10,13,16-17H,1-8,11-12,14-15H2,(H,23,26). The van der Waals surface area contributed by atoms with Gasteiger partial charge in [-0.2, -0.15) is 4.31 Å². The van der Waals surface area contributed by atoms with Crippen LogP contribution >= 0.6 is 11.6 Å². The molecule has 2 aliphatic carbocycles. The Bertz CT molecular complexity index is 845. The molecule has 1 heterocycles. The van der Waals surface area contributed by atoms with Crippen molar-refractivity contribution in [2.75, 3.05) is 31.5 Å². The number of rotatable bonds is 8. The van der Waals surface area contributed by atoms with E-state index < -0.39 is 10.0 Å². The number of hydrogen-bond donors (Lipinski definition) is 1. The molecule has 1 saturated heterocycles. The van der Waals surface area contributed by atoms with E-state index in [1.54, 1.807) is 10.4 Å². The summed E-state index contributed by atoms with van der Waals surface area (Å²) in [4.78, 5) is 15.1. The lowest BCUT2D eigenvalue weighted by Crippen LogP contribution is -2.36. The fourth-order valence-electron chi connectivity index (χ4n) is 3.98. The zero-order valence-electron chi connectivity index (χ0n) is 16.8. The minimum Gasteiger partial charge on any atom is -0.324 e. The van der Waals surface area contributed by atoms with Crippen molar-refractivity contribution in [1.82, 2.24) is 9.21 Å². The first-order valence-electron chi connectivity index (χ1n) is 10.8. The molecule has 0 aromatic heterocycles. The molecule has 3 fully saturated rings. The van der Waals surface area contributed by atoms with E-state index in [0.717, 1.165) is 51.0 Å². The van der Waals surface area contributed by atoms with Crippen LogP contribution in [0.5, 0.6) is 0 Å². The van der Waals surface area contributed by atoms with E-state index in [1.807, 2.05) is 0 Å². The van der Waals surface area contributed by atoms with E-state index in [1.165, 1.54) is 25.0 Å². The van der Waals surface area contributed by atoms with Gasteiger partial charge in [0, 0.05) is 25.7 Å². The molecule has 0 bridgehead atoms. The van der Waals surface area contributed by atoms with Gasteiger partial charge in [0.2, 0.25) is 15.9 Å². The Balaban J connectivity index is 1.45. The van der Waals surface area contributed by atoms with Crippen molar-refractivity contribution in [3.8, 4) is 0 Å². The van der Waals surface area contributed by atoms with Crippen LogP contribution < -0.4 is 5.32 Å². The minimum absolute atomic E-state index is 0.135. The molecule has 8 heteroatoms. The van der Waals surface area contributed by atoms with E-state index in [0.29, 0.717) is 36.4 Å². The maximum absolute atomic E-state index is 13.1. The molecule has 1 aromatic carbocycles. The Kier molecular flexibility index (Phi) is 6.49. The Morgan fingerprint density at radius 2 is 1.79 bits per heavy atom. The molecule has 1 aromatic rings. The van der Waals surface area contributed by atoms with Crippen LogP contribution in [-0.2, 0) is 14.8 Å². The highest BCUT2D eigenvalue weighted by atomic mass is 35.5. The third kappa shape index (κ3) is 5.51. The van der Waals surface area contributed by atoms with Gasteiger partial charge < -0.3 is 5.32 Å². The summed E-state index contributed by atoms with van der Waals surface area (Å²) in [6, 6.07) is 5.11. The van der Waals surface area contributed by atoms with Crippen molar-refractivity contribution in [2.24, 2.45) is 5.92 Å². The topological polar surface area (TPSA) is 69.7 Å². The first-order chi connectivity index (χ1) is 13.9. The van der Waals surface area contributed by atoms with Gasteiger partial charge >= 0.3 is 0 Å². The lowest BCUT2D eigenvalue weighted by atomic mass is 10.2. The fourth-order valence-corrected chi connectivity index (χ4v) is 5.69. The zero-order chi connectivity index (χ0) is 20.4. The summed E-state index contributed by atoms with van der Waals surface area (Å²) < 4.78 is 27.7. The number of halogens is 1. The monoisotopic (exact) mass is 439 g/mol. The molecule has 2 saturated carbocycles. The molecule has 0 radical (unpaired) electrons. The largest absolute Gasteiger partial charge is 0.324 e. The van der Waals surface area contributed by atoms with Crippen molar-refractivity contribution in [3.05, 3.63) is 23.2 Å². The van der Waals surface area contributed by atoms with Crippen LogP contribution in [0.3, 0.4) is 0 Å². The number of hydrogen-bond acceptors (Lipinski definition) is 4. The number of carbonyl (C=O) groups is 1. The fraction of sp³-hybridized carbons (Fsp3) is 0.667. The van der Waals surface area contributed by atoms with Crippen LogP contribution in [0.15, 0.2) is 23.1 Å². The number of benzene rings is 1. The van der Waals surface area contributed by atoms with E-state index >= 15 is 0 Å². The second kappa shape index (κ2) is 8.92. The second-order valence-corrected chi connectivity index (χ2v) is 11.0. The average molecular weight is 440 g/mol. The molecule has 29 heavy (non-hydrogen) atoms. The molecule has 0 atom stereocenters. The lowest BCUT2D eigenvalue weighted by molar-refractivity contribution is -0.117. The molecule has 1 aliphatic heterocycles. The molecule has 1 N–H and O–H groups in total. The average Bonchev–Trinajstić information content (AvgIpc) is 3.57. The van der Waals surface area contributed by atoms with Gasteiger partial charge in [0.15, 0.2) is 0 Å². The molecule has 1 amide bonds. The zero-order valence-corrected chi connectivity index (χ0v) is 18.3. The number of nitrogens with zero attached hydrogens (tertiary/aromatic N) is 2. The molecule has 160 valence electrons. The normalized spacial score (nSPS) is 21.2. The van der Waals surface area contributed by atoms with E-state index in [2.05, 4.69) is 10.2 Å². The van der Waals surface area contributed by atoms with Gasteiger partial charge in [0.25, 0.3) is 0 Å². The Labute approximate surface area is 178 Å². The highest BCUT2D eigenvalue weighted by molar-refractivity contribution is 7.89. The SMILES string of the molecule is O=C(CN(CC1CC1)C1CC1)Nc1cc(S(=O)(=O)N2CCCCCC2)ccc1Cl. The number of sulfonamides is 1. The van der Waals surface area contributed by atoms with E-state index in [-0.39, 0.29) is 10.8 Å². The first kappa shape index (κ1) is 21.1. The van der Waals surface area contributed by atoms with E-state index in [9.17, 15) is 13.2 Å². The Morgan fingerprint density at radius 1 is 1.10 bits per heavy atom. The van der Waals surface area contributed by atoms with E-state index in [4.69, 9.17) is 11.6 Å². The summed E-state index contributed by atoms with van der Waals surface area (Å²) in [7, 11) is -3.58. The number of carbonyl (C=O) groups excluding carboxylic acids is 1. The smallest absolute Gasteiger partial charge is 0.243 e. The van der Waals surface area contributed by atoms with Gasteiger partial charge in [0.05, 0.1) is 22.2 Å². The molecule has 0 spiro atoms. The summed E-state index contributed by atoms with van der Waals surface area (Å²) in [5.74, 6) is 0.595. The molecular formula is C21H30ClN3O3S. The summed E-state index contributed by atoms with van der Waals surface area (Å²) in [6.45, 7) is 2.41. The van der Waals surface area contributed by atoms with Gasteiger partial charge in [-0.05, 0) is 62.6 Å². The predicted octanol–water partition coefficient (Wildman–Crippen LogP) is 3.72. The van der Waals surface area contributed by atoms with Gasteiger partial charge in [-0.1, -0.05) is 24.4 Å². The van der Waals surface area contributed by atoms with Crippen LogP contribution in [0.1, 0.15) is 51.4 Å². The Morgan fingerprint density at radius 3 is 2.41 bits per heavy atom. The quantitative estimate of drug-likeness (QED) is 0.670. The summed E-state index contributed by atoms with van der Waals surface area (Å²) >= 11 is 6.27. The van der Waals surface area contributed by atoms with Crippen molar-refractivity contribution >= 4 is 33.2 Å². The molecule has 4 rings (SSSR count). The molecular weight excluding hydrogens is 410 g/mol. The highest BCUT2D eigenvalue weighted by Crippen LogP contribution is 2.35.